The van der Waals surface area contributed by atoms with Crippen LogP contribution in [0.1, 0.15) is 39.3 Å². The molecule has 1 saturated heterocycles. The number of aromatic nitrogens is 1. The van der Waals surface area contributed by atoms with E-state index < -0.39 is 6.09 Å². The molecule has 11 nitrogen and oxygen atoms in total. The first-order valence-corrected chi connectivity index (χ1v) is 16.6. The number of anilines is 3. The average Bonchev–Trinajstić information content (AvgIpc) is 3.70. The summed E-state index contributed by atoms with van der Waals surface area (Å²) < 4.78 is 6.01. The Morgan fingerprint density at radius 2 is 1.59 bits per heavy atom. The second-order valence-corrected chi connectivity index (χ2v) is 12.8. The molecular formula is C37H35ClN6O5. The van der Waals surface area contributed by atoms with E-state index >= 15 is 0 Å². The first-order chi connectivity index (χ1) is 23.7. The van der Waals surface area contributed by atoms with Crippen molar-refractivity contribution in [3.05, 3.63) is 95.7 Å². The largest absolute Gasteiger partial charge is 0.415 e. The van der Waals surface area contributed by atoms with Gasteiger partial charge in [-0.25, -0.2) is 4.79 Å². The molecule has 3 heterocycles. The minimum atomic E-state index is -0.413. The van der Waals surface area contributed by atoms with Crippen molar-refractivity contribution < 1.29 is 23.9 Å². The summed E-state index contributed by atoms with van der Waals surface area (Å²) in [4.78, 5) is 60.4. The molecular weight excluding hydrogens is 644 g/mol. The van der Waals surface area contributed by atoms with Crippen molar-refractivity contribution in [1.29, 1.82) is 0 Å². The van der Waals surface area contributed by atoms with Crippen molar-refractivity contribution in [2.75, 3.05) is 61.2 Å². The maximum atomic E-state index is 14.2. The highest BCUT2D eigenvalue weighted by Crippen LogP contribution is 2.46. The third-order valence-electron chi connectivity index (χ3n) is 9.10. The predicted molar refractivity (Wildman–Crippen MR) is 191 cm³/mol. The first kappa shape index (κ1) is 32.2. The summed E-state index contributed by atoms with van der Waals surface area (Å²) in [6, 6.07) is 23.3. The molecule has 1 atom stereocenters. The number of rotatable bonds is 6. The van der Waals surface area contributed by atoms with Gasteiger partial charge in [-0.2, -0.15) is 0 Å². The number of benzene rings is 4. The third kappa shape index (κ3) is 6.42. The number of fused-ring (bicyclic) bond motifs is 4. The van der Waals surface area contributed by atoms with E-state index in [9.17, 15) is 19.2 Å². The van der Waals surface area contributed by atoms with Crippen LogP contribution in [0.2, 0.25) is 0 Å². The molecule has 4 aromatic carbocycles. The Hall–Kier alpha value is -5.39. The van der Waals surface area contributed by atoms with Crippen molar-refractivity contribution in [1.82, 2.24) is 14.8 Å². The molecule has 1 fully saturated rings. The predicted octanol–water partition coefficient (Wildman–Crippen LogP) is 6.26. The number of carbonyl (C=O) groups is 4. The molecule has 0 saturated carbocycles. The Balaban J connectivity index is 1.15. The van der Waals surface area contributed by atoms with Crippen LogP contribution in [0.4, 0.5) is 21.9 Å². The van der Waals surface area contributed by atoms with Gasteiger partial charge in [0.25, 0.3) is 11.8 Å². The van der Waals surface area contributed by atoms with Gasteiger partial charge in [0, 0.05) is 90.7 Å². The van der Waals surface area contributed by atoms with E-state index in [0.29, 0.717) is 59.6 Å². The second kappa shape index (κ2) is 13.3. The fraction of sp³-hybridized carbons (Fsp3) is 0.243. The zero-order valence-corrected chi connectivity index (χ0v) is 27.8. The number of nitrogens with zero attached hydrogens (tertiary/aromatic N) is 3. The molecule has 49 heavy (non-hydrogen) atoms. The third-order valence-corrected chi connectivity index (χ3v) is 9.47. The Morgan fingerprint density at radius 3 is 2.31 bits per heavy atom. The number of halogens is 1. The molecule has 0 unspecified atom stereocenters. The van der Waals surface area contributed by atoms with Crippen molar-refractivity contribution in [2.24, 2.45) is 0 Å². The Morgan fingerprint density at radius 1 is 0.878 bits per heavy atom. The van der Waals surface area contributed by atoms with Gasteiger partial charge in [0.05, 0.1) is 5.69 Å². The minimum Gasteiger partial charge on any atom is -0.409 e. The number of H-pyrrole nitrogens is 1. The molecule has 0 bridgehead atoms. The fourth-order valence-corrected chi connectivity index (χ4v) is 6.80. The van der Waals surface area contributed by atoms with E-state index in [1.165, 1.54) is 6.92 Å². The van der Waals surface area contributed by atoms with Crippen LogP contribution in [-0.4, -0.2) is 84.3 Å². The smallest absolute Gasteiger partial charge is 0.409 e. The molecule has 5 aromatic rings. The van der Waals surface area contributed by atoms with Crippen LogP contribution >= 0.6 is 11.6 Å². The highest BCUT2D eigenvalue weighted by atomic mass is 35.5. The van der Waals surface area contributed by atoms with Gasteiger partial charge in [0.2, 0.25) is 5.91 Å². The SMILES string of the molecule is CC(=O)Nc1ccc(C(=O)Nc2ccc3[nH]c(C(=O)N4C[C@@H](CCl)c5c4cc(OC(=O)N4CCN(C)CC4)c4ccccc54)cc3c2)cc1. The zero-order chi connectivity index (χ0) is 34.2. The standard InChI is InChI=1S/C37H35ClN6O5/c1-22(45)39-26-9-7-23(8-10-26)35(46)40-27-11-12-30-24(17-27)18-31(41-30)36(47)44-21-25(20-38)34-29-6-4-3-5-28(29)33(19-32(34)44)49-37(48)43-15-13-42(2)14-16-43/h3-12,17-19,25,41H,13-16,20-21H2,1-2H3,(H,39,45)(H,40,46)/t25-/m1/s1. The first-order valence-electron chi connectivity index (χ1n) is 16.1. The van der Waals surface area contributed by atoms with Crippen LogP contribution in [0.25, 0.3) is 21.7 Å². The molecule has 250 valence electrons. The summed E-state index contributed by atoms with van der Waals surface area (Å²) in [7, 11) is 2.03. The topological polar surface area (TPSA) is 127 Å². The summed E-state index contributed by atoms with van der Waals surface area (Å²) in [5.41, 5.74) is 4.31. The normalized spacial score (nSPS) is 16.1. The monoisotopic (exact) mass is 678 g/mol. The van der Waals surface area contributed by atoms with E-state index in [2.05, 4.69) is 20.5 Å². The number of likely N-dealkylation sites (N-methyl/N-ethyl adjacent to an activating group) is 1. The van der Waals surface area contributed by atoms with Crippen LogP contribution in [0.3, 0.4) is 0 Å². The van der Waals surface area contributed by atoms with Gasteiger partial charge in [-0.05, 0) is 66.5 Å². The average molecular weight is 679 g/mol. The fourth-order valence-electron chi connectivity index (χ4n) is 6.55. The molecule has 0 spiro atoms. The van der Waals surface area contributed by atoms with Crippen LogP contribution in [-0.2, 0) is 4.79 Å². The molecule has 1 aromatic heterocycles. The summed E-state index contributed by atoms with van der Waals surface area (Å²) in [6.45, 7) is 4.49. The highest BCUT2D eigenvalue weighted by Gasteiger charge is 2.36. The second-order valence-electron chi connectivity index (χ2n) is 12.5. The number of hydrogen-bond donors (Lipinski definition) is 3. The van der Waals surface area contributed by atoms with E-state index in [4.69, 9.17) is 16.3 Å². The Bertz CT molecular complexity index is 2100. The van der Waals surface area contributed by atoms with E-state index in [-0.39, 0.29) is 23.6 Å². The number of carbonyl (C=O) groups excluding carboxylic acids is 4. The number of aromatic amines is 1. The molecule has 2 aliphatic heterocycles. The van der Waals surface area contributed by atoms with Gasteiger partial charge in [0.15, 0.2) is 0 Å². The number of alkyl halides is 1. The summed E-state index contributed by atoms with van der Waals surface area (Å²) in [6.07, 6.45) is -0.413. The van der Waals surface area contributed by atoms with Crippen LogP contribution in [0, 0.1) is 0 Å². The summed E-state index contributed by atoms with van der Waals surface area (Å²) >= 11 is 6.49. The molecule has 12 heteroatoms. The zero-order valence-electron chi connectivity index (χ0n) is 27.1. The number of nitrogens with one attached hydrogen (secondary N) is 3. The summed E-state index contributed by atoms with van der Waals surface area (Å²) in [5, 5.41) is 8.01. The van der Waals surface area contributed by atoms with Crippen LogP contribution in [0.5, 0.6) is 5.75 Å². The van der Waals surface area contributed by atoms with Crippen molar-refractivity contribution >= 4 is 74.2 Å². The van der Waals surface area contributed by atoms with E-state index in [0.717, 1.165) is 40.3 Å². The molecule has 4 amide bonds. The lowest BCUT2D eigenvalue weighted by atomic mass is 9.95. The highest BCUT2D eigenvalue weighted by molar-refractivity contribution is 6.19. The van der Waals surface area contributed by atoms with Gasteiger partial charge < -0.3 is 35.1 Å². The maximum absolute atomic E-state index is 14.2. The van der Waals surface area contributed by atoms with Gasteiger partial charge in [-0.15, -0.1) is 11.6 Å². The lowest BCUT2D eigenvalue weighted by Crippen LogP contribution is -2.48. The quantitative estimate of drug-likeness (QED) is 0.182. The molecule has 0 radical (unpaired) electrons. The molecule has 0 aliphatic carbocycles. The maximum Gasteiger partial charge on any atom is 0.415 e. The number of ether oxygens (including phenoxy) is 1. The Kier molecular flexibility index (Phi) is 8.70. The van der Waals surface area contributed by atoms with E-state index in [1.54, 1.807) is 58.3 Å². The number of amides is 4. The van der Waals surface area contributed by atoms with Gasteiger partial charge >= 0.3 is 6.09 Å². The van der Waals surface area contributed by atoms with Gasteiger partial charge in [-0.1, -0.05) is 24.3 Å². The van der Waals surface area contributed by atoms with E-state index in [1.807, 2.05) is 37.4 Å². The van der Waals surface area contributed by atoms with Crippen molar-refractivity contribution in [3.8, 4) is 5.75 Å². The van der Waals surface area contributed by atoms with Gasteiger partial charge in [-0.3, -0.25) is 14.4 Å². The molecule has 3 N–H and O–H groups in total. The Labute approximate surface area is 287 Å². The lowest BCUT2D eigenvalue weighted by molar-refractivity contribution is -0.114. The minimum absolute atomic E-state index is 0.119. The van der Waals surface area contributed by atoms with Crippen molar-refractivity contribution in [2.45, 2.75) is 12.8 Å². The number of piperazine rings is 1. The number of hydrogen-bond acceptors (Lipinski definition) is 6. The molecule has 2 aliphatic rings. The van der Waals surface area contributed by atoms with Crippen LogP contribution < -0.4 is 20.3 Å². The molecule has 7 rings (SSSR count). The van der Waals surface area contributed by atoms with Gasteiger partial charge in [0.1, 0.15) is 11.4 Å². The van der Waals surface area contributed by atoms with Crippen molar-refractivity contribution in [3.63, 3.8) is 0 Å². The van der Waals surface area contributed by atoms with Crippen LogP contribution in [0.15, 0.2) is 78.9 Å². The lowest BCUT2D eigenvalue weighted by Gasteiger charge is -2.31. The summed E-state index contributed by atoms with van der Waals surface area (Å²) in [5.74, 6) is -0.158.